The summed E-state index contributed by atoms with van der Waals surface area (Å²) in [7, 11) is 0. The van der Waals surface area contributed by atoms with Crippen LogP contribution in [0.15, 0.2) is 40.3 Å². The fraction of sp³-hybridized carbons (Fsp3) is 0.417. The zero-order valence-corrected chi connectivity index (χ0v) is 17.2. The predicted octanol–water partition coefficient (Wildman–Crippen LogP) is 4.96. The molecule has 29 heavy (non-hydrogen) atoms. The summed E-state index contributed by atoms with van der Waals surface area (Å²) in [6.07, 6.45) is 4.95. The molecule has 0 bridgehead atoms. The van der Waals surface area contributed by atoms with Crippen LogP contribution in [-0.4, -0.2) is 27.7 Å². The highest BCUT2D eigenvalue weighted by atomic mass is 16.3. The molecular formula is C24H27NO4. The van der Waals surface area contributed by atoms with E-state index < -0.39 is 17.7 Å². The molecule has 2 aromatic rings. The van der Waals surface area contributed by atoms with Crippen LogP contribution in [0.2, 0.25) is 0 Å². The number of likely N-dealkylation sites (tertiary alicyclic amines) is 1. The number of aliphatic hydroxyl groups is 1. The molecule has 0 radical (unpaired) electrons. The average Bonchev–Trinajstić information content (AvgIpc) is 3.25. The molecule has 5 heteroatoms. The lowest BCUT2D eigenvalue weighted by Gasteiger charge is -2.34. The summed E-state index contributed by atoms with van der Waals surface area (Å²) in [5.74, 6) is -0.0575. The van der Waals surface area contributed by atoms with Crippen LogP contribution in [0, 0.1) is 20.8 Å². The molecule has 4 rings (SSSR count). The van der Waals surface area contributed by atoms with Gasteiger partial charge < -0.3 is 14.4 Å². The highest BCUT2D eigenvalue weighted by molar-refractivity contribution is 6.46. The van der Waals surface area contributed by atoms with Crippen molar-refractivity contribution < 1.29 is 19.1 Å². The van der Waals surface area contributed by atoms with Gasteiger partial charge in [0, 0.05) is 11.6 Å². The van der Waals surface area contributed by atoms with E-state index in [1.807, 2.05) is 45.0 Å². The first-order valence-corrected chi connectivity index (χ1v) is 10.3. The van der Waals surface area contributed by atoms with Crippen molar-refractivity contribution in [2.45, 2.75) is 65.0 Å². The van der Waals surface area contributed by atoms with Crippen molar-refractivity contribution in [2.75, 3.05) is 0 Å². The van der Waals surface area contributed by atoms with Crippen molar-refractivity contribution in [3.63, 3.8) is 0 Å². The van der Waals surface area contributed by atoms with Crippen LogP contribution in [0.5, 0.6) is 0 Å². The van der Waals surface area contributed by atoms with Crippen LogP contribution >= 0.6 is 0 Å². The van der Waals surface area contributed by atoms with Crippen molar-refractivity contribution in [2.24, 2.45) is 0 Å². The second kappa shape index (κ2) is 7.54. The Kier molecular flexibility index (Phi) is 5.07. The van der Waals surface area contributed by atoms with Gasteiger partial charge in [-0.15, -0.1) is 0 Å². The van der Waals surface area contributed by atoms with Crippen LogP contribution in [0.3, 0.4) is 0 Å². The van der Waals surface area contributed by atoms with Crippen molar-refractivity contribution in [3.05, 3.63) is 64.1 Å². The first kappa shape index (κ1) is 19.5. The highest BCUT2D eigenvalue weighted by Gasteiger charge is 2.50. The SMILES string of the molecule is Cc1ccc(C)c(/C(O)=C2\C(=O)C(=O)N(C3CCCCC3)C2c2ccc(C)o2)c1. The van der Waals surface area contributed by atoms with Gasteiger partial charge in [0.25, 0.3) is 11.7 Å². The molecule has 1 unspecified atom stereocenters. The van der Waals surface area contributed by atoms with E-state index in [1.165, 1.54) is 0 Å². The number of furan rings is 1. The Balaban J connectivity index is 1.89. The lowest BCUT2D eigenvalue weighted by atomic mass is 9.92. The Morgan fingerprint density at radius 1 is 1.03 bits per heavy atom. The van der Waals surface area contributed by atoms with Gasteiger partial charge in [0.15, 0.2) is 0 Å². The van der Waals surface area contributed by atoms with Crippen LogP contribution < -0.4 is 0 Å². The van der Waals surface area contributed by atoms with Gasteiger partial charge in [-0.3, -0.25) is 9.59 Å². The molecular weight excluding hydrogens is 366 g/mol. The van der Waals surface area contributed by atoms with Gasteiger partial charge in [-0.05, 0) is 57.4 Å². The van der Waals surface area contributed by atoms with E-state index in [-0.39, 0.29) is 17.4 Å². The quantitative estimate of drug-likeness (QED) is 0.455. The molecule has 1 aromatic heterocycles. The molecule has 1 aliphatic heterocycles. The normalized spacial score (nSPS) is 22.4. The van der Waals surface area contributed by atoms with Gasteiger partial charge in [-0.25, -0.2) is 0 Å². The van der Waals surface area contributed by atoms with Crippen LogP contribution in [0.4, 0.5) is 0 Å². The molecule has 1 N–H and O–H groups in total. The Bertz CT molecular complexity index is 994. The molecule has 1 atom stereocenters. The zero-order chi connectivity index (χ0) is 20.7. The Morgan fingerprint density at radius 2 is 1.76 bits per heavy atom. The van der Waals surface area contributed by atoms with Gasteiger partial charge in [0.1, 0.15) is 23.3 Å². The van der Waals surface area contributed by atoms with Crippen molar-refractivity contribution in [1.29, 1.82) is 0 Å². The summed E-state index contributed by atoms with van der Waals surface area (Å²) in [5.41, 5.74) is 2.54. The third-order valence-electron chi connectivity index (χ3n) is 6.13. The van der Waals surface area contributed by atoms with E-state index in [2.05, 4.69) is 0 Å². The smallest absolute Gasteiger partial charge is 0.296 e. The molecule has 1 saturated carbocycles. The van der Waals surface area contributed by atoms with Crippen molar-refractivity contribution in [3.8, 4) is 0 Å². The van der Waals surface area contributed by atoms with E-state index in [0.717, 1.165) is 43.2 Å². The van der Waals surface area contributed by atoms with Crippen LogP contribution in [-0.2, 0) is 9.59 Å². The van der Waals surface area contributed by atoms with E-state index in [9.17, 15) is 14.7 Å². The minimum absolute atomic E-state index is 0.0143. The number of aryl methyl sites for hydroxylation is 3. The first-order chi connectivity index (χ1) is 13.9. The number of nitrogens with zero attached hydrogens (tertiary/aromatic N) is 1. The molecule has 0 spiro atoms. The number of amides is 1. The monoisotopic (exact) mass is 393 g/mol. The van der Waals surface area contributed by atoms with Crippen molar-refractivity contribution in [1.82, 2.24) is 4.90 Å². The summed E-state index contributed by atoms with van der Waals surface area (Å²) in [6.45, 7) is 5.66. The molecule has 1 saturated heterocycles. The molecule has 2 fully saturated rings. The molecule has 1 amide bonds. The first-order valence-electron chi connectivity index (χ1n) is 10.3. The van der Waals surface area contributed by atoms with Gasteiger partial charge in [0.2, 0.25) is 0 Å². The fourth-order valence-electron chi connectivity index (χ4n) is 4.60. The lowest BCUT2D eigenvalue weighted by Crippen LogP contribution is -2.40. The number of benzene rings is 1. The topological polar surface area (TPSA) is 70.8 Å². The summed E-state index contributed by atoms with van der Waals surface area (Å²) >= 11 is 0. The van der Waals surface area contributed by atoms with Gasteiger partial charge in [-0.2, -0.15) is 0 Å². The molecule has 5 nitrogen and oxygen atoms in total. The third kappa shape index (κ3) is 3.39. The number of hydrogen-bond donors (Lipinski definition) is 1. The Labute approximate surface area is 171 Å². The second-order valence-electron chi connectivity index (χ2n) is 8.26. The zero-order valence-electron chi connectivity index (χ0n) is 17.2. The largest absolute Gasteiger partial charge is 0.507 e. The summed E-state index contributed by atoms with van der Waals surface area (Å²) in [6, 6.07) is 8.65. The summed E-state index contributed by atoms with van der Waals surface area (Å²) in [5, 5.41) is 11.2. The number of carbonyl (C=O) groups excluding carboxylic acids is 2. The fourth-order valence-corrected chi connectivity index (χ4v) is 4.60. The summed E-state index contributed by atoms with van der Waals surface area (Å²) in [4.78, 5) is 27.9. The minimum Gasteiger partial charge on any atom is -0.507 e. The average molecular weight is 393 g/mol. The third-order valence-corrected chi connectivity index (χ3v) is 6.13. The standard InChI is InChI=1S/C24H27NO4/c1-14-9-10-15(2)18(13-14)22(26)20-21(19-12-11-16(3)29-19)25(24(28)23(20)27)17-7-5-4-6-8-17/h9-13,17,21,26H,4-8H2,1-3H3/b22-20+. The predicted molar refractivity (Wildman–Crippen MR) is 110 cm³/mol. The van der Waals surface area contributed by atoms with E-state index in [4.69, 9.17) is 4.42 Å². The number of hydrogen-bond acceptors (Lipinski definition) is 4. The molecule has 1 aliphatic carbocycles. The van der Waals surface area contributed by atoms with Crippen LogP contribution in [0.1, 0.15) is 66.4 Å². The maximum Gasteiger partial charge on any atom is 0.296 e. The highest BCUT2D eigenvalue weighted by Crippen LogP contribution is 2.43. The maximum atomic E-state index is 13.1. The number of carbonyl (C=O) groups is 2. The van der Waals surface area contributed by atoms with Crippen molar-refractivity contribution >= 4 is 17.4 Å². The van der Waals surface area contributed by atoms with E-state index in [0.29, 0.717) is 17.1 Å². The van der Waals surface area contributed by atoms with E-state index >= 15 is 0 Å². The minimum atomic E-state index is -0.688. The Morgan fingerprint density at radius 3 is 2.41 bits per heavy atom. The second-order valence-corrected chi connectivity index (χ2v) is 8.26. The summed E-state index contributed by atoms with van der Waals surface area (Å²) < 4.78 is 5.86. The number of Topliss-reactive ketones (excluding diaryl/α,β-unsaturated/α-hetero) is 1. The molecule has 152 valence electrons. The lowest BCUT2D eigenvalue weighted by molar-refractivity contribution is -0.142. The number of aliphatic hydroxyl groups excluding tert-OH is 1. The maximum absolute atomic E-state index is 13.1. The van der Waals surface area contributed by atoms with E-state index in [1.54, 1.807) is 11.0 Å². The van der Waals surface area contributed by atoms with Gasteiger partial charge in [-0.1, -0.05) is 37.0 Å². The van der Waals surface area contributed by atoms with Gasteiger partial charge >= 0.3 is 0 Å². The molecule has 2 heterocycles. The van der Waals surface area contributed by atoms with Gasteiger partial charge in [0.05, 0.1) is 5.57 Å². The number of rotatable bonds is 3. The van der Waals surface area contributed by atoms with Crippen LogP contribution in [0.25, 0.3) is 5.76 Å². The molecule has 1 aromatic carbocycles. The Hall–Kier alpha value is -2.82. The number of ketones is 1. The molecule has 2 aliphatic rings.